The van der Waals surface area contributed by atoms with E-state index in [4.69, 9.17) is 27.9 Å². The molecular formula is C23H22Cl2N4O4. The second-order valence-electron chi connectivity index (χ2n) is 7.06. The molecule has 0 radical (unpaired) electrons. The van der Waals surface area contributed by atoms with Crippen molar-refractivity contribution in [1.29, 1.82) is 0 Å². The van der Waals surface area contributed by atoms with Crippen LogP contribution in [0.3, 0.4) is 0 Å². The fourth-order valence-electron chi connectivity index (χ4n) is 3.00. The SMILES string of the molecule is CNc1cccc(CCOc2ccc(C[C@H](NC(=O)c3ncc(Cl)cc3Cl)C(=O)O)cc2)n1. The van der Waals surface area contributed by atoms with Gasteiger partial charge in [0.05, 0.1) is 16.7 Å². The number of hydrogen-bond acceptors (Lipinski definition) is 6. The molecule has 2 heterocycles. The maximum atomic E-state index is 12.4. The number of carboxylic acids is 1. The molecule has 0 unspecified atom stereocenters. The molecule has 1 amide bonds. The Balaban J connectivity index is 1.56. The van der Waals surface area contributed by atoms with Crippen LogP contribution in [0.4, 0.5) is 5.82 Å². The quantitative estimate of drug-likeness (QED) is 0.396. The lowest BCUT2D eigenvalue weighted by atomic mass is 10.1. The van der Waals surface area contributed by atoms with Crippen LogP contribution in [0.1, 0.15) is 21.7 Å². The van der Waals surface area contributed by atoms with Gasteiger partial charge in [-0.25, -0.2) is 14.8 Å². The average molecular weight is 489 g/mol. The van der Waals surface area contributed by atoms with E-state index in [9.17, 15) is 14.7 Å². The van der Waals surface area contributed by atoms with Crippen molar-refractivity contribution < 1.29 is 19.4 Å². The van der Waals surface area contributed by atoms with Crippen molar-refractivity contribution >= 4 is 40.9 Å². The highest BCUT2D eigenvalue weighted by molar-refractivity contribution is 6.36. The Kier molecular flexibility index (Phi) is 8.46. The minimum atomic E-state index is -1.18. The molecule has 1 atom stereocenters. The molecule has 0 aliphatic carbocycles. The third-order valence-electron chi connectivity index (χ3n) is 4.68. The summed E-state index contributed by atoms with van der Waals surface area (Å²) in [5, 5.41) is 15.3. The largest absolute Gasteiger partial charge is 0.493 e. The van der Waals surface area contributed by atoms with Crippen molar-refractivity contribution in [3.8, 4) is 5.75 Å². The predicted molar refractivity (Wildman–Crippen MR) is 126 cm³/mol. The summed E-state index contributed by atoms with van der Waals surface area (Å²) in [6.07, 6.45) is 1.99. The predicted octanol–water partition coefficient (Wildman–Crippen LogP) is 3.87. The normalized spacial score (nSPS) is 11.5. The maximum Gasteiger partial charge on any atom is 0.326 e. The van der Waals surface area contributed by atoms with Crippen LogP contribution in [-0.4, -0.2) is 46.6 Å². The van der Waals surface area contributed by atoms with E-state index < -0.39 is 17.9 Å². The molecule has 3 aromatic rings. The lowest BCUT2D eigenvalue weighted by Crippen LogP contribution is -2.42. The van der Waals surface area contributed by atoms with Gasteiger partial charge in [0.25, 0.3) is 5.91 Å². The van der Waals surface area contributed by atoms with E-state index in [0.29, 0.717) is 24.3 Å². The molecule has 0 bridgehead atoms. The maximum absolute atomic E-state index is 12.4. The molecule has 0 fully saturated rings. The first-order valence-electron chi connectivity index (χ1n) is 10.1. The van der Waals surface area contributed by atoms with Crippen LogP contribution < -0.4 is 15.4 Å². The molecule has 1 aromatic carbocycles. The average Bonchev–Trinajstić information content (AvgIpc) is 2.79. The van der Waals surface area contributed by atoms with Crippen LogP contribution in [0.15, 0.2) is 54.7 Å². The number of rotatable bonds is 10. The van der Waals surface area contributed by atoms with Crippen molar-refractivity contribution in [1.82, 2.24) is 15.3 Å². The summed E-state index contributed by atoms with van der Waals surface area (Å²) in [6, 6.07) is 13.0. The number of anilines is 1. The van der Waals surface area contributed by atoms with Crippen LogP contribution >= 0.6 is 23.2 Å². The molecule has 3 N–H and O–H groups in total. The number of carbonyl (C=O) groups is 2. The van der Waals surface area contributed by atoms with Gasteiger partial charge in [0.1, 0.15) is 23.3 Å². The van der Waals surface area contributed by atoms with E-state index in [0.717, 1.165) is 11.5 Å². The molecule has 0 saturated carbocycles. The summed E-state index contributed by atoms with van der Waals surface area (Å²) >= 11 is 11.8. The second-order valence-corrected chi connectivity index (χ2v) is 7.90. The van der Waals surface area contributed by atoms with Gasteiger partial charge in [0, 0.05) is 31.8 Å². The molecule has 0 aliphatic heterocycles. The number of nitrogens with zero attached hydrogens (tertiary/aromatic N) is 2. The summed E-state index contributed by atoms with van der Waals surface area (Å²) in [5.41, 5.74) is 1.54. The Morgan fingerprint density at radius 1 is 1.15 bits per heavy atom. The standard InChI is InChI=1S/C23H22Cl2N4O4/c1-26-20-4-2-3-16(28-20)9-10-33-17-7-5-14(6-8-17)11-19(23(31)32)29-22(30)21-18(25)12-15(24)13-27-21/h2-8,12-13,19H,9-11H2,1H3,(H,26,28)(H,29,30)(H,31,32)/t19-/m0/s1. The van der Waals surface area contributed by atoms with E-state index >= 15 is 0 Å². The zero-order valence-corrected chi connectivity index (χ0v) is 19.2. The van der Waals surface area contributed by atoms with Crippen LogP contribution in [0.25, 0.3) is 0 Å². The first-order chi connectivity index (χ1) is 15.9. The Morgan fingerprint density at radius 3 is 2.58 bits per heavy atom. The Bertz CT molecular complexity index is 1130. The van der Waals surface area contributed by atoms with Crippen molar-refractivity contribution in [2.24, 2.45) is 0 Å². The van der Waals surface area contributed by atoms with Gasteiger partial charge in [-0.15, -0.1) is 0 Å². The third-order valence-corrected chi connectivity index (χ3v) is 5.17. The number of benzene rings is 1. The van der Waals surface area contributed by atoms with Crippen molar-refractivity contribution in [3.63, 3.8) is 0 Å². The number of pyridine rings is 2. The van der Waals surface area contributed by atoms with Crippen molar-refractivity contribution in [3.05, 3.63) is 81.7 Å². The zero-order chi connectivity index (χ0) is 23.8. The number of nitrogens with one attached hydrogen (secondary N) is 2. The Hall–Kier alpha value is -3.36. The molecule has 33 heavy (non-hydrogen) atoms. The van der Waals surface area contributed by atoms with Crippen molar-refractivity contribution in [2.45, 2.75) is 18.9 Å². The number of carboxylic acid groups (broad SMARTS) is 1. The smallest absolute Gasteiger partial charge is 0.326 e. The van der Waals surface area contributed by atoms with Gasteiger partial charge >= 0.3 is 5.97 Å². The monoisotopic (exact) mass is 488 g/mol. The molecule has 172 valence electrons. The highest BCUT2D eigenvalue weighted by Gasteiger charge is 2.23. The number of halogens is 2. The molecular weight excluding hydrogens is 467 g/mol. The summed E-state index contributed by atoms with van der Waals surface area (Å²) in [7, 11) is 1.81. The number of carbonyl (C=O) groups excluding carboxylic acids is 1. The van der Waals surface area contributed by atoms with Crippen LogP contribution in [0.2, 0.25) is 10.0 Å². The fourth-order valence-corrected chi connectivity index (χ4v) is 3.46. The topological polar surface area (TPSA) is 113 Å². The van der Waals surface area contributed by atoms with Gasteiger partial charge in [0.2, 0.25) is 0 Å². The minimum absolute atomic E-state index is 0.0403. The number of aliphatic carboxylic acids is 1. The van der Waals surface area contributed by atoms with Gasteiger partial charge in [0.15, 0.2) is 0 Å². The zero-order valence-electron chi connectivity index (χ0n) is 17.7. The lowest BCUT2D eigenvalue weighted by Gasteiger charge is -2.15. The van der Waals surface area contributed by atoms with Crippen LogP contribution in [0, 0.1) is 0 Å². The molecule has 3 rings (SSSR count). The molecule has 2 aromatic heterocycles. The summed E-state index contributed by atoms with van der Waals surface area (Å²) in [6.45, 7) is 0.447. The van der Waals surface area contributed by atoms with Crippen molar-refractivity contribution in [2.75, 3.05) is 19.0 Å². The molecule has 0 aliphatic rings. The highest BCUT2D eigenvalue weighted by atomic mass is 35.5. The first-order valence-corrected chi connectivity index (χ1v) is 10.8. The highest BCUT2D eigenvalue weighted by Crippen LogP contribution is 2.19. The second kappa shape index (κ2) is 11.5. The number of ether oxygens (including phenoxy) is 1. The van der Waals surface area contributed by atoms with E-state index in [1.165, 1.54) is 12.3 Å². The van der Waals surface area contributed by atoms with Gasteiger partial charge in [-0.1, -0.05) is 41.4 Å². The van der Waals surface area contributed by atoms with E-state index in [-0.39, 0.29) is 22.2 Å². The summed E-state index contributed by atoms with van der Waals surface area (Å²) in [5.74, 6) is -0.423. The van der Waals surface area contributed by atoms with E-state index in [1.807, 2.05) is 25.2 Å². The van der Waals surface area contributed by atoms with Gasteiger partial charge in [-0.05, 0) is 35.9 Å². The van der Waals surface area contributed by atoms with Gasteiger partial charge in [-0.2, -0.15) is 0 Å². The molecule has 0 spiro atoms. The molecule has 8 nitrogen and oxygen atoms in total. The van der Waals surface area contributed by atoms with E-state index in [1.54, 1.807) is 24.3 Å². The van der Waals surface area contributed by atoms with Gasteiger partial charge in [-0.3, -0.25) is 4.79 Å². The van der Waals surface area contributed by atoms with Crippen LogP contribution in [-0.2, 0) is 17.6 Å². The molecule has 0 saturated heterocycles. The Labute approximate surface area is 200 Å². The minimum Gasteiger partial charge on any atom is -0.493 e. The van der Waals surface area contributed by atoms with Gasteiger partial charge < -0.3 is 20.5 Å². The fraction of sp³-hybridized carbons (Fsp3) is 0.217. The van der Waals surface area contributed by atoms with E-state index in [2.05, 4.69) is 20.6 Å². The number of aromatic nitrogens is 2. The third kappa shape index (κ3) is 7.06. The summed E-state index contributed by atoms with van der Waals surface area (Å²) in [4.78, 5) is 32.4. The lowest BCUT2D eigenvalue weighted by molar-refractivity contribution is -0.139. The number of hydrogen-bond donors (Lipinski definition) is 3. The summed E-state index contributed by atoms with van der Waals surface area (Å²) < 4.78 is 5.76. The molecule has 10 heteroatoms. The first kappa shape index (κ1) is 24.3. The van der Waals surface area contributed by atoms with Crippen LogP contribution in [0.5, 0.6) is 5.75 Å². The number of amides is 1. The Morgan fingerprint density at radius 2 is 1.91 bits per heavy atom.